The number of hydrogen-bond donors (Lipinski definition) is 0. The Morgan fingerprint density at radius 2 is 1.58 bits per heavy atom. The first-order valence-electron chi connectivity index (χ1n) is 10.5. The molecule has 166 valence electrons. The molecular weight excluding hydrogens is 418 g/mol. The second-order valence-corrected chi connectivity index (χ2v) is 7.06. The van der Waals surface area contributed by atoms with E-state index >= 15 is 0 Å². The van der Waals surface area contributed by atoms with Crippen molar-refractivity contribution in [2.45, 2.75) is 20.0 Å². The number of esters is 2. The molecule has 0 fully saturated rings. The van der Waals surface area contributed by atoms with Crippen LogP contribution in [0.4, 0.5) is 0 Å². The number of rotatable bonds is 9. The zero-order chi connectivity index (χ0) is 23.5. The van der Waals surface area contributed by atoms with E-state index in [9.17, 15) is 14.9 Å². The van der Waals surface area contributed by atoms with E-state index in [0.29, 0.717) is 17.7 Å². The number of carbonyl (C=O) groups is 2. The molecule has 3 rings (SSSR count). The highest BCUT2D eigenvalue weighted by atomic mass is 16.5. The van der Waals surface area contributed by atoms with Crippen LogP contribution < -0.4 is 9.47 Å². The molecule has 33 heavy (non-hydrogen) atoms. The molecule has 6 nitrogen and oxygen atoms in total. The maximum absolute atomic E-state index is 12.4. The smallest absolute Gasteiger partial charge is 0.354 e. The van der Waals surface area contributed by atoms with E-state index in [0.717, 1.165) is 17.7 Å². The van der Waals surface area contributed by atoms with Crippen molar-refractivity contribution in [3.05, 3.63) is 101 Å². The molecule has 0 unspecified atom stereocenters. The largest absolute Gasteiger partial charge is 0.494 e. The maximum Gasteiger partial charge on any atom is 0.354 e. The van der Waals surface area contributed by atoms with Crippen LogP contribution >= 0.6 is 0 Å². The van der Waals surface area contributed by atoms with Crippen LogP contribution in [0.1, 0.15) is 34.8 Å². The van der Waals surface area contributed by atoms with E-state index in [4.69, 9.17) is 14.2 Å². The average molecular weight is 441 g/mol. The van der Waals surface area contributed by atoms with Gasteiger partial charge < -0.3 is 14.2 Å². The van der Waals surface area contributed by atoms with Crippen molar-refractivity contribution in [3.8, 4) is 17.6 Å². The molecule has 3 aromatic carbocycles. The Balaban J connectivity index is 1.58. The molecule has 0 bridgehead atoms. The van der Waals surface area contributed by atoms with Gasteiger partial charge in [-0.25, -0.2) is 9.59 Å². The van der Waals surface area contributed by atoms with Gasteiger partial charge in [-0.15, -0.1) is 0 Å². The molecule has 0 saturated heterocycles. The van der Waals surface area contributed by atoms with Crippen molar-refractivity contribution in [3.63, 3.8) is 0 Å². The monoisotopic (exact) mass is 441 g/mol. The van der Waals surface area contributed by atoms with E-state index in [1.54, 1.807) is 24.3 Å². The number of carbonyl (C=O) groups excluding carboxylic acids is 2. The van der Waals surface area contributed by atoms with Crippen molar-refractivity contribution < 1.29 is 23.8 Å². The van der Waals surface area contributed by atoms with Gasteiger partial charge in [0.1, 0.15) is 29.7 Å². The summed E-state index contributed by atoms with van der Waals surface area (Å²) in [5.74, 6) is -0.342. The predicted octanol–water partition coefficient (Wildman–Crippen LogP) is 5.34. The number of ether oxygens (including phenoxy) is 3. The summed E-state index contributed by atoms with van der Waals surface area (Å²) < 4.78 is 16.1. The molecule has 0 N–H and O–H groups in total. The number of benzene rings is 3. The molecule has 0 saturated carbocycles. The summed E-state index contributed by atoms with van der Waals surface area (Å²) in [4.78, 5) is 24.6. The fourth-order valence-corrected chi connectivity index (χ4v) is 2.81. The Labute approximate surface area is 192 Å². The number of nitriles is 1. The fourth-order valence-electron chi connectivity index (χ4n) is 2.81. The van der Waals surface area contributed by atoms with E-state index < -0.39 is 11.9 Å². The van der Waals surface area contributed by atoms with Crippen LogP contribution in [0.5, 0.6) is 11.5 Å². The molecule has 0 radical (unpaired) electrons. The Morgan fingerprint density at radius 1 is 0.909 bits per heavy atom. The van der Waals surface area contributed by atoms with E-state index in [1.807, 2.05) is 43.3 Å². The van der Waals surface area contributed by atoms with Gasteiger partial charge in [-0.05, 0) is 60.0 Å². The van der Waals surface area contributed by atoms with Gasteiger partial charge in [-0.2, -0.15) is 5.26 Å². The van der Waals surface area contributed by atoms with Crippen molar-refractivity contribution in [1.29, 1.82) is 5.26 Å². The van der Waals surface area contributed by atoms with Crippen LogP contribution in [0.2, 0.25) is 0 Å². The zero-order valence-electron chi connectivity index (χ0n) is 18.2. The predicted molar refractivity (Wildman–Crippen MR) is 123 cm³/mol. The minimum atomic E-state index is -0.789. The second-order valence-electron chi connectivity index (χ2n) is 7.06. The second kappa shape index (κ2) is 11.9. The molecule has 0 atom stereocenters. The summed E-state index contributed by atoms with van der Waals surface area (Å²) in [5.41, 5.74) is 1.73. The summed E-state index contributed by atoms with van der Waals surface area (Å²) in [6.07, 6.45) is 2.35. The first kappa shape index (κ1) is 23.3. The lowest BCUT2D eigenvalue weighted by molar-refractivity contribution is -0.129. The Morgan fingerprint density at radius 3 is 2.21 bits per heavy atom. The lowest BCUT2D eigenvalue weighted by Crippen LogP contribution is -2.10. The summed E-state index contributed by atoms with van der Waals surface area (Å²) in [5, 5.41) is 9.37. The van der Waals surface area contributed by atoms with E-state index in [2.05, 4.69) is 0 Å². The SMILES string of the molecule is CCCOc1ccc(C=C(C#N)C(=O)Oc2ccc(C(=O)OCc3ccccc3)cc2)cc1. The topological polar surface area (TPSA) is 85.6 Å². The van der Waals surface area contributed by atoms with Crippen molar-refractivity contribution >= 4 is 18.0 Å². The van der Waals surface area contributed by atoms with Crippen molar-refractivity contribution in [2.75, 3.05) is 6.61 Å². The van der Waals surface area contributed by atoms with Crippen LogP contribution in [-0.2, 0) is 16.1 Å². The first-order valence-corrected chi connectivity index (χ1v) is 10.5. The van der Waals surface area contributed by atoms with Gasteiger partial charge in [0.05, 0.1) is 12.2 Å². The van der Waals surface area contributed by atoms with E-state index in [-0.39, 0.29) is 17.9 Å². The molecule has 0 heterocycles. The summed E-state index contributed by atoms with van der Waals surface area (Å²) in [6.45, 7) is 2.81. The third-order valence-electron chi connectivity index (χ3n) is 4.52. The minimum absolute atomic E-state index is 0.149. The van der Waals surface area contributed by atoms with E-state index in [1.165, 1.54) is 30.3 Å². The molecular formula is C27H23NO5. The van der Waals surface area contributed by atoms with Gasteiger partial charge in [0.2, 0.25) is 0 Å². The van der Waals surface area contributed by atoms with Crippen LogP contribution in [0.3, 0.4) is 0 Å². The van der Waals surface area contributed by atoms with Gasteiger partial charge in [-0.1, -0.05) is 49.4 Å². The quantitative estimate of drug-likeness (QED) is 0.193. The third-order valence-corrected chi connectivity index (χ3v) is 4.52. The first-order chi connectivity index (χ1) is 16.1. The molecule has 6 heteroatoms. The number of nitrogens with zero attached hydrogens (tertiary/aromatic N) is 1. The lowest BCUT2D eigenvalue weighted by Gasteiger charge is -2.07. The molecule has 0 aliphatic heterocycles. The van der Waals surface area contributed by atoms with Crippen molar-refractivity contribution in [1.82, 2.24) is 0 Å². The zero-order valence-corrected chi connectivity index (χ0v) is 18.2. The normalized spacial score (nSPS) is 10.7. The van der Waals surface area contributed by atoms with Crippen LogP contribution in [0, 0.1) is 11.3 Å². The Kier molecular flexibility index (Phi) is 8.38. The molecule has 0 amide bonds. The Hall–Kier alpha value is -4.37. The highest BCUT2D eigenvalue weighted by molar-refractivity contribution is 5.99. The summed E-state index contributed by atoms with van der Waals surface area (Å²) >= 11 is 0. The number of hydrogen-bond acceptors (Lipinski definition) is 6. The maximum atomic E-state index is 12.4. The highest BCUT2D eigenvalue weighted by Gasteiger charge is 2.13. The molecule has 3 aromatic rings. The van der Waals surface area contributed by atoms with Gasteiger partial charge >= 0.3 is 11.9 Å². The van der Waals surface area contributed by atoms with Gasteiger partial charge in [-0.3, -0.25) is 0 Å². The standard InChI is InChI=1S/C27H23NO5/c1-2-16-31-24-12-8-20(9-13-24)17-23(18-28)27(30)33-25-14-10-22(11-15-25)26(29)32-19-21-6-4-3-5-7-21/h3-15,17H,2,16,19H2,1H3. The molecule has 0 spiro atoms. The van der Waals surface area contributed by atoms with Gasteiger partial charge in [0.15, 0.2) is 0 Å². The average Bonchev–Trinajstić information content (AvgIpc) is 2.86. The fraction of sp³-hybridized carbons (Fsp3) is 0.148. The Bertz CT molecular complexity index is 1140. The van der Waals surface area contributed by atoms with Crippen molar-refractivity contribution in [2.24, 2.45) is 0 Å². The van der Waals surface area contributed by atoms with Gasteiger partial charge in [0, 0.05) is 0 Å². The minimum Gasteiger partial charge on any atom is -0.494 e. The highest BCUT2D eigenvalue weighted by Crippen LogP contribution is 2.18. The lowest BCUT2D eigenvalue weighted by atomic mass is 10.1. The summed E-state index contributed by atoms with van der Waals surface area (Å²) in [7, 11) is 0. The van der Waals surface area contributed by atoms with Crippen LogP contribution in [-0.4, -0.2) is 18.5 Å². The van der Waals surface area contributed by atoms with Gasteiger partial charge in [0.25, 0.3) is 0 Å². The molecule has 0 aliphatic carbocycles. The molecule has 0 aliphatic rings. The summed E-state index contributed by atoms with van der Waals surface area (Å²) in [6, 6.07) is 24.2. The third kappa shape index (κ3) is 7.08. The molecule has 0 aromatic heterocycles. The van der Waals surface area contributed by atoms with Crippen LogP contribution in [0.15, 0.2) is 84.4 Å². The van der Waals surface area contributed by atoms with Crippen LogP contribution in [0.25, 0.3) is 6.08 Å².